The Morgan fingerprint density at radius 3 is 2.96 bits per heavy atom. The second-order valence-electron chi connectivity index (χ2n) is 6.40. The molecule has 3 rings (SSSR count). The fourth-order valence-electron chi connectivity index (χ4n) is 3.09. The predicted molar refractivity (Wildman–Crippen MR) is 99.8 cm³/mol. The van der Waals surface area contributed by atoms with Crippen molar-refractivity contribution in [3.05, 3.63) is 47.2 Å². The van der Waals surface area contributed by atoms with E-state index in [9.17, 15) is 4.79 Å². The van der Waals surface area contributed by atoms with E-state index in [2.05, 4.69) is 17.2 Å². The second kappa shape index (κ2) is 7.74. The zero-order valence-corrected chi connectivity index (χ0v) is 15.2. The van der Waals surface area contributed by atoms with Crippen molar-refractivity contribution in [1.82, 2.24) is 9.88 Å². The van der Waals surface area contributed by atoms with Crippen LogP contribution in [-0.2, 0) is 0 Å². The molecule has 132 valence electrons. The summed E-state index contributed by atoms with van der Waals surface area (Å²) >= 11 is 6.07. The number of nitrogens with one attached hydrogen (secondary N) is 1. The van der Waals surface area contributed by atoms with Crippen molar-refractivity contribution in [2.24, 2.45) is 5.92 Å². The lowest BCUT2D eigenvalue weighted by Crippen LogP contribution is -2.39. The van der Waals surface area contributed by atoms with Crippen LogP contribution in [0.1, 0.15) is 30.3 Å². The van der Waals surface area contributed by atoms with Gasteiger partial charge in [0.2, 0.25) is 0 Å². The van der Waals surface area contributed by atoms with Crippen molar-refractivity contribution in [2.75, 3.05) is 25.5 Å². The first-order chi connectivity index (χ1) is 12.1. The number of piperidine rings is 1. The third-order valence-electron chi connectivity index (χ3n) is 4.36. The van der Waals surface area contributed by atoms with Crippen LogP contribution in [0.3, 0.4) is 0 Å². The maximum absolute atomic E-state index is 12.7. The number of carbonyl (C=O) groups is 1. The summed E-state index contributed by atoms with van der Waals surface area (Å²) in [5.41, 5.74) is 1.95. The van der Waals surface area contributed by atoms with Gasteiger partial charge in [-0.05, 0) is 49.1 Å². The maximum atomic E-state index is 12.7. The molecule has 25 heavy (non-hydrogen) atoms. The summed E-state index contributed by atoms with van der Waals surface area (Å²) in [6, 6.07) is 8.93. The molecule has 0 radical (unpaired) electrons. The maximum Gasteiger partial charge on any atom is 0.272 e. The van der Waals surface area contributed by atoms with Gasteiger partial charge in [0.1, 0.15) is 11.4 Å². The molecule has 0 saturated carbocycles. The van der Waals surface area contributed by atoms with Crippen molar-refractivity contribution >= 4 is 28.9 Å². The lowest BCUT2D eigenvalue weighted by atomic mass is 10.00. The number of nitrogens with zero attached hydrogens (tertiary/aromatic N) is 2. The molecule has 1 saturated heterocycles. The van der Waals surface area contributed by atoms with Crippen LogP contribution in [-0.4, -0.2) is 36.0 Å². The van der Waals surface area contributed by atoms with Crippen LogP contribution >= 0.6 is 11.6 Å². The van der Waals surface area contributed by atoms with Gasteiger partial charge >= 0.3 is 0 Å². The highest BCUT2D eigenvalue weighted by molar-refractivity contribution is 6.31. The molecule has 1 atom stereocenters. The van der Waals surface area contributed by atoms with Gasteiger partial charge < -0.3 is 15.0 Å². The number of anilines is 2. The van der Waals surface area contributed by atoms with Crippen molar-refractivity contribution in [3.63, 3.8) is 0 Å². The van der Waals surface area contributed by atoms with E-state index in [4.69, 9.17) is 16.3 Å². The number of hydrogen-bond acceptors (Lipinski definition) is 4. The Kier molecular flexibility index (Phi) is 5.43. The van der Waals surface area contributed by atoms with Crippen LogP contribution in [0.15, 0.2) is 36.5 Å². The van der Waals surface area contributed by atoms with Crippen molar-refractivity contribution in [2.45, 2.75) is 19.8 Å². The van der Waals surface area contributed by atoms with E-state index in [0.29, 0.717) is 22.4 Å². The molecular formula is C19H22ClN3O2. The number of halogens is 1. The number of aromatic nitrogens is 1. The molecular weight excluding hydrogens is 338 g/mol. The quantitative estimate of drug-likeness (QED) is 0.881. The number of carbonyl (C=O) groups excluding carboxylic acids is 1. The van der Waals surface area contributed by atoms with Gasteiger partial charge in [0.05, 0.1) is 12.8 Å². The average molecular weight is 360 g/mol. The highest BCUT2D eigenvalue weighted by atomic mass is 35.5. The summed E-state index contributed by atoms with van der Waals surface area (Å²) in [6.45, 7) is 3.77. The zero-order chi connectivity index (χ0) is 17.8. The molecule has 1 aliphatic rings. The molecule has 1 aromatic heterocycles. The number of pyridine rings is 1. The topological polar surface area (TPSA) is 54.5 Å². The molecule has 1 unspecified atom stereocenters. The second-order valence-corrected chi connectivity index (χ2v) is 6.83. The third kappa shape index (κ3) is 4.23. The largest absolute Gasteiger partial charge is 0.495 e. The SMILES string of the molecule is COc1ccc(Cl)cc1Nc1ccnc(C(=O)N2CCCC(C)C2)c1. The van der Waals surface area contributed by atoms with E-state index >= 15 is 0 Å². The van der Waals surface area contributed by atoms with Crippen LogP contribution in [0.4, 0.5) is 11.4 Å². The first kappa shape index (κ1) is 17.5. The standard InChI is InChI=1S/C19H22ClN3O2/c1-13-4-3-9-23(12-13)19(24)17-11-15(7-8-21-17)22-16-10-14(20)5-6-18(16)25-2/h5-8,10-11,13H,3-4,9,12H2,1-2H3,(H,21,22). The smallest absolute Gasteiger partial charge is 0.272 e. The number of rotatable bonds is 4. The molecule has 0 aliphatic carbocycles. The molecule has 2 aromatic rings. The van der Waals surface area contributed by atoms with Crippen molar-refractivity contribution in [3.8, 4) is 5.75 Å². The van der Waals surface area contributed by atoms with Gasteiger partial charge in [-0.3, -0.25) is 9.78 Å². The van der Waals surface area contributed by atoms with Crippen LogP contribution in [0.5, 0.6) is 5.75 Å². The Labute approximate surface area is 153 Å². The Morgan fingerprint density at radius 2 is 2.20 bits per heavy atom. The van der Waals surface area contributed by atoms with E-state index < -0.39 is 0 Å². The zero-order valence-electron chi connectivity index (χ0n) is 14.5. The Hall–Kier alpha value is -2.27. The fourth-order valence-corrected chi connectivity index (χ4v) is 3.27. The highest BCUT2D eigenvalue weighted by Gasteiger charge is 2.23. The molecule has 1 fully saturated rings. The molecule has 1 amide bonds. The minimum atomic E-state index is -0.0201. The van der Waals surface area contributed by atoms with Gasteiger partial charge in [-0.2, -0.15) is 0 Å². The molecule has 1 N–H and O–H groups in total. The number of hydrogen-bond donors (Lipinski definition) is 1. The molecule has 6 heteroatoms. The van der Waals surface area contributed by atoms with E-state index in [0.717, 1.165) is 30.9 Å². The lowest BCUT2D eigenvalue weighted by Gasteiger charge is -2.30. The summed E-state index contributed by atoms with van der Waals surface area (Å²) in [4.78, 5) is 18.9. The van der Waals surface area contributed by atoms with Gasteiger partial charge in [-0.1, -0.05) is 18.5 Å². The van der Waals surface area contributed by atoms with E-state index in [1.165, 1.54) is 6.42 Å². The monoisotopic (exact) mass is 359 g/mol. The molecule has 0 spiro atoms. The summed E-state index contributed by atoms with van der Waals surface area (Å²) in [5.74, 6) is 1.20. The van der Waals surface area contributed by atoms with Gasteiger partial charge in [0.25, 0.3) is 5.91 Å². The summed E-state index contributed by atoms with van der Waals surface area (Å²) in [7, 11) is 1.60. The number of methoxy groups -OCH3 is 1. The highest BCUT2D eigenvalue weighted by Crippen LogP contribution is 2.30. The van der Waals surface area contributed by atoms with Gasteiger partial charge in [-0.25, -0.2) is 0 Å². The number of likely N-dealkylation sites (tertiary alicyclic amines) is 1. The van der Waals surface area contributed by atoms with E-state index in [1.807, 2.05) is 11.0 Å². The first-order valence-electron chi connectivity index (χ1n) is 8.42. The minimum Gasteiger partial charge on any atom is -0.495 e. The van der Waals surface area contributed by atoms with E-state index in [-0.39, 0.29) is 5.91 Å². The van der Waals surface area contributed by atoms with Crippen LogP contribution in [0, 0.1) is 5.92 Å². The Balaban J connectivity index is 1.80. The Bertz CT molecular complexity index is 766. The van der Waals surface area contributed by atoms with E-state index in [1.54, 1.807) is 37.6 Å². The van der Waals surface area contributed by atoms with Crippen molar-refractivity contribution < 1.29 is 9.53 Å². The summed E-state index contributed by atoms with van der Waals surface area (Å²) in [6.07, 6.45) is 3.86. The summed E-state index contributed by atoms with van der Waals surface area (Å²) in [5, 5.41) is 3.86. The van der Waals surface area contributed by atoms with Gasteiger partial charge in [0, 0.05) is 30.0 Å². The van der Waals surface area contributed by atoms with Crippen LogP contribution in [0.2, 0.25) is 5.02 Å². The van der Waals surface area contributed by atoms with Crippen LogP contribution in [0.25, 0.3) is 0 Å². The number of amides is 1. The molecule has 2 heterocycles. The van der Waals surface area contributed by atoms with Gasteiger partial charge in [-0.15, -0.1) is 0 Å². The fraction of sp³-hybridized carbons (Fsp3) is 0.368. The molecule has 1 aliphatic heterocycles. The number of benzene rings is 1. The lowest BCUT2D eigenvalue weighted by molar-refractivity contribution is 0.0677. The van der Waals surface area contributed by atoms with Gasteiger partial charge in [0.15, 0.2) is 0 Å². The van der Waals surface area contributed by atoms with Crippen LogP contribution < -0.4 is 10.1 Å². The normalized spacial score (nSPS) is 17.2. The summed E-state index contributed by atoms with van der Waals surface area (Å²) < 4.78 is 5.35. The number of ether oxygens (including phenoxy) is 1. The first-order valence-corrected chi connectivity index (χ1v) is 8.80. The Morgan fingerprint density at radius 1 is 1.36 bits per heavy atom. The molecule has 1 aromatic carbocycles. The predicted octanol–water partition coefficient (Wildman–Crippen LogP) is 4.36. The molecule has 0 bridgehead atoms. The van der Waals surface area contributed by atoms with Crippen molar-refractivity contribution in [1.29, 1.82) is 0 Å². The molecule has 5 nitrogen and oxygen atoms in total. The third-order valence-corrected chi connectivity index (χ3v) is 4.60. The minimum absolute atomic E-state index is 0.0201. The average Bonchev–Trinajstić information content (AvgIpc) is 2.61.